The highest BCUT2D eigenvalue weighted by atomic mass is 19.1. The van der Waals surface area contributed by atoms with E-state index in [9.17, 15) is 9.18 Å². The van der Waals surface area contributed by atoms with Gasteiger partial charge in [0.1, 0.15) is 12.4 Å². The van der Waals surface area contributed by atoms with Crippen molar-refractivity contribution in [2.45, 2.75) is 69.3 Å². The number of benzene rings is 1. The molecule has 4 aliphatic rings. The minimum absolute atomic E-state index is 0.106. The van der Waals surface area contributed by atoms with Crippen molar-refractivity contribution in [3.63, 3.8) is 0 Å². The summed E-state index contributed by atoms with van der Waals surface area (Å²) in [6.45, 7) is 0.956. The summed E-state index contributed by atoms with van der Waals surface area (Å²) in [6, 6.07) is 7.96. The first kappa shape index (κ1) is 23.2. The molecule has 2 unspecified atom stereocenters. The van der Waals surface area contributed by atoms with Crippen molar-refractivity contribution in [1.82, 2.24) is 5.32 Å². The number of nitrogens with one attached hydrogen (secondary N) is 1. The van der Waals surface area contributed by atoms with E-state index in [4.69, 9.17) is 15.2 Å². The Labute approximate surface area is 190 Å². The third kappa shape index (κ3) is 4.58. The lowest BCUT2D eigenvalue weighted by molar-refractivity contribution is -0.138. The van der Waals surface area contributed by atoms with E-state index in [-0.39, 0.29) is 30.1 Å². The molecule has 0 heterocycles. The number of hydrogen-bond acceptors (Lipinski definition) is 4. The Morgan fingerprint density at radius 2 is 1.84 bits per heavy atom. The monoisotopic (exact) mass is 444 g/mol. The fraction of sp³-hybridized carbons (Fsp3) is 0.654. The van der Waals surface area contributed by atoms with Crippen LogP contribution in [0.5, 0.6) is 5.75 Å². The molecule has 32 heavy (non-hydrogen) atoms. The molecule has 0 radical (unpaired) electrons. The van der Waals surface area contributed by atoms with Crippen molar-refractivity contribution in [1.29, 1.82) is 0 Å². The minimum Gasteiger partial charge on any atom is -0.489 e. The quantitative estimate of drug-likeness (QED) is 0.552. The zero-order valence-corrected chi connectivity index (χ0v) is 19.2. The fourth-order valence-corrected chi connectivity index (χ4v) is 6.00. The molecule has 176 valence electrons. The third-order valence-corrected chi connectivity index (χ3v) is 8.43. The van der Waals surface area contributed by atoms with E-state index in [1.54, 1.807) is 7.11 Å². The molecular weight excluding hydrogens is 407 g/mol. The molecule has 0 saturated heterocycles. The Bertz CT molecular complexity index is 799. The summed E-state index contributed by atoms with van der Waals surface area (Å²) >= 11 is 0. The van der Waals surface area contributed by atoms with Crippen LogP contribution in [0.4, 0.5) is 4.39 Å². The lowest BCUT2D eigenvalue weighted by Crippen LogP contribution is -2.51. The summed E-state index contributed by atoms with van der Waals surface area (Å²) in [5.41, 5.74) is 6.77. The third-order valence-electron chi connectivity index (χ3n) is 8.43. The maximum atomic E-state index is 13.0. The van der Waals surface area contributed by atoms with Crippen LogP contribution in [0.1, 0.15) is 69.3 Å². The molecule has 4 fully saturated rings. The van der Waals surface area contributed by atoms with Crippen LogP contribution in [-0.4, -0.2) is 38.3 Å². The van der Waals surface area contributed by atoms with Crippen LogP contribution in [0.15, 0.2) is 36.2 Å². The van der Waals surface area contributed by atoms with Gasteiger partial charge in [-0.3, -0.25) is 4.79 Å². The van der Waals surface area contributed by atoms with Gasteiger partial charge >= 0.3 is 0 Å². The van der Waals surface area contributed by atoms with Crippen molar-refractivity contribution in [2.75, 3.05) is 26.8 Å². The number of carbonyl (C=O) groups is 1. The summed E-state index contributed by atoms with van der Waals surface area (Å²) in [5, 5.41) is 3.26. The molecule has 2 bridgehead atoms. The number of amides is 1. The topological polar surface area (TPSA) is 73.6 Å². The fourth-order valence-electron chi connectivity index (χ4n) is 6.00. The van der Waals surface area contributed by atoms with Gasteiger partial charge in [-0.25, -0.2) is 4.39 Å². The number of halogens is 1. The maximum absolute atomic E-state index is 13.0. The minimum atomic E-state index is -0.235. The largest absolute Gasteiger partial charge is 0.489 e. The number of rotatable bonds is 10. The van der Waals surface area contributed by atoms with Crippen molar-refractivity contribution in [3.8, 4) is 5.75 Å². The summed E-state index contributed by atoms with van der Waals surface area (Å²) in [7, 11) is 1.78. The van der Waals surface area contributed by atoms with Gasteiger partial charge in [0.25, 0.3) is 0 Å². The standard InChI is InChI=1S/C26H37FN2O3/c1-31-26(14-15-29-24(30)25-10-6-19(7-11-25)8-12-25)13-9-23(26)21-2-4-22(5-3-21)32-18-20(16-27)17-28/h2-5,16,19,23H,6-15,17-18,28H2,1H3,(H,29,30)/b20-16+. The lowest BCUT2D eigenvalue weighted by Gasteiger charge is -2.49. The second-order valence-corrected chi connectivity index (χ2v) is 9.96. The Hall–Kier alpha value is -1.92. The first-order chi connectivity index (χ1) is 15.5. The van der Waals surface area contributed by atoms with Gasteiger partial charge in [0.15, 0.2) is 0 Å². The van der Waals surface area contributed by atoms with Gasteiger partial charge in [-0.05, 0) is 81.4 Å². The van der Waals surface area contributed by atoms with E-state index in [0.29, 0.717) is 30.1 Å². The molecule has 2 atom stereocenters. The zero-order chi connectivity index (χ0) is 22.6. The zero-order valence-electron chi connectivity index (χ0n) is 19.2. The predicted octanol–water partition coefficient (Wildman–Crippen LogP) is 4.62. The number of carbonyl (C=O) groups excluding carboxylic acids is 1. The molecule has 4 aliphatic carbocycles. The molecule has 1 aromatic carbocycles. The highest BCUT2D eigenvalue weighted by Gasteiger charge is 2.48. The molecular formula is C26H37FN2O3. The summed E-state index contributed by atoms with van der Waals surface area (Å²) in [6.07, 6.45) is 10.2. The highest BCUT2D eigenvalue weighted by molar-refractivity contribution is 5.82. The van der Waals surface area contributed by atoms with Gasteiger partial charge in [0.2, 0.25) is 5.91 Å². The summed E-state index contributed by atoms with van der Waals surface area (Å²) < 4.78 is 24.3. The average Bonchev–Trinajstić information content (AvgIpc) is 2.84. The van der Waals surface area contributed by atoms with Gasteiger partial charge in [-0.15, -0.1) is 0 Å². The van der Waals surface area contributed by atoms with Crippen LogP contribution in [0.3, 0.4) is 0 Å². The van der Waals surface area contributed by atoms with Crippen LogP contribution < -0.4 is 15.8 Å². The van der Waals surface area contributed by atoms with E-state index in [1.165, 1.54) is 24.8 Å². The van der Waals surface area contributed by atoms with Crippen LogP contribution >= 0.6 is 0 Å². The molecule has 3 N–H and O–H groups in total. The first-order valence-electron chi connectivity index (χ1n) is 12.1. The molecule has 4 saturated carbocycles. The van der Waals surface area contributed by atoms with Crippen molar-refractivity contribution in [2.24, 2.45) is 17.1 Å². The van der Waals surface area contributed by atoms with Gasteiger partial charge in [0.05, 0.1) is 11.9 Å². The van der Waals surface area contributed by atoms with E-state index in [1.807, 2.05) is 12.1 Å². The van der Waals surface area contributed by atoms with Crippen molar-refractivity contribution in [3.05, 3.63) is 41.7 Å². The molecule has 6 heteroatoms. The Balaban J connectivity index is 1.31. The number of fused-ring (bicyclic) bond motifs is 3. The smallest absolute Gasteiger partial charge is 0.226 e. The maximum Gasteiger partial charge on any atom is 0.226 e. The number of methoxy groups -OCH3 is 1. The van der Waals surface area contributed by atoms with Crippen LogP contribution in [-0.2, 0) is 9.53 Å². The SMILES string of the molecule is COC1(CCNC(=O)C23CCC(CC2)CC3)CCC1c1ccc(OC/C(=C/F)CN)cc1. The van der Waals surface area contributed by atoms with Gasteiger partial charge in [-0.1, -0.05) is 12.1 Å². The van der Waals surface area contributed by atoms with Crippen LogP contribution in [0.2, 0.25) is 0 Å². The highest BCUT2D eigenvalue weighted by Crippen LogP contribution is 2.52. The van der Waals surface area contributed by atoms with Gasteiger partial charge in [0, 0.05) is 37.1 Å². The van der Waals surface area contributed by atoms with E-state index < -0.39 is 0 Å². The molecule has 5 nitrogen and oxygen atoms in total. The molecule has 0 aromatic heterocycles. The first-order valence-corrected chi connectivity index (χ1v) is 12.1. The molecule has 1 aromatic rings. The van der Waals surface area contributed by atoms with Gasteiger partial charge in [-0.2, -0.15) is 0 Å². The predicted molar refractivity (Wildman–Crippen MR) is 123 cm³/mol. The Kier molecular flexibility index (Phi) is 7.21. The lowest BCUT2D eigenvalue weighted by atomic mass is 9.60. The summed E-state index contributed by atoms with van der Waals surface area (Å²) in [4.78, 5) is 13.0. The van der Waals surface area contributed by atoms with Crippen LogP contribution in [0.25, 0.3) is 0 Å². The Morgan fingerprint density at radius 3 is 2.38 bits per heavy atom. The number of ether oxygens (including phenoxy) is 2. The van der Waals surface area contributed by atoms with Gasteiger partial charge < -0.3 is 20.5 Å². The Morgan fingerprint density at radius 1 is 1.16 bits per heavy atom. The van der Waals surface area contributed by atoms with E-state index in [0.717, 1.165) is 44.4 Å². The molecule has 0 spiro atoms. The number of hydrogen-bond donors (Lipinski definition) is 2. The van der Waals surface area contributed by atoms with Crippen molar-refractivity contribution >= 4 is 5.91 Å². The van der Waals surface area contributed by atoms with E-state index >= 15 is 0 Å². The second kappa shape index (κ2) is 9.92. The van der Waals surface area contributed by atoms with Crippen LogP contribution in [0, 0.1) is 11.3 Å². The molecule has 0 aliphatic heterocycles. The normalized spacial score (nSPS) is 31.8. The molecule has 5 rings (SSSR count). The van der Waals surface area contributed by atoms with E-state index in [2.05, 4.69) is 17.4 Å². The van der Waals surface area contributed by atoms with Crippen molar-refractivity contribution < 1.29 is 18.7 Å². The summed E-state index contributed by atoms with van der Waals surface area (Å²) in [5.74, 6) is 2.11. The average molecular weight is 445 g/mol. The number of nitrogens with two attached hydrogens (primary N) is 1. The molecule has 1 amide bonds. The second-order valence-electron chi connectivity index (χ2n) is 9.96.